The molecule has 1 unspecified atom stereocenters. The Morgan fingerprint density at radius 1 is 1.31 bits per heavy atom. The minimum Gasteiger partial charge on any atom is -0.352 e. The van der Waals surface area contributed by atoms with E-state index < -0.39 is 21.7 Å². The van der Waals surface area contributed by atoms with Crippen LogP contribution in [0.3, 0.4) is 0 Å². The number of aryl methyl sites for hydroxylation is 1. The van der Waals surface area contributed by atoms with Crippen LogP contribution < -0.4 is 5.32 Å². The highest BCUT2D eigenvalue weighted by atomic mass is 32.2. The SMILES string of the molecule is CC(C)NC(=O)C1Cn2ccnc2C2(CCN(S(=O)(=O)c3cn(C)cn3)CC2)O1. The van der Waals surface area contributed by atoms with Crippen LogP contribution in [0.1, 0.15) is 32.5 Å². The molecular formula is C18H26N6O4S. The van der Waals surface area contributed by atoms with E-state index in [-0.39, 0.29) is 30.1 Å². The average Bonchev–Trinajstić information content (AvgIpc) is 3.31. The van der Waals surface area contributed by atoms with Crippen molar-refractivity contribution in [2.75, 3.05) is 13.1 Å². The summed E-state index contributed by atoms with van der Waals surface area (Å²) in [5.41, 5.74) is -0.781. The smallest absolute Gasteiger partial charge is 0.262 e. The topological polar surface area (TPSA) is 111 Å². The monoisotopic (exact) mass is 422 g/mol. The molecule has 1 spiro atoms. The third-order valence-electron chi connectivity index (χ3n) is 5.39. The van der Waals surface area contributed by atoms with Gasteiger partial charge >= 0.3 is 0 Å². The van der Waals surface area contributed by atoms with Crippen LogP contribution in [-0.2, 0) is 38.7 Å². The largest absolute Gasteiger partial charge is 0.352 e. The van der Waals surface area contributed by atoms with Gasteiger partial charge in [-0.15, -0.1) is 0 Å². The molecule has 1 fully saturated rings. The molecule has 1 atom stereocenters. The summed E-state index contributed by atoms with van der Waals surface area (Å²) in [7, 11) is -1.94. The first-order valence-corrected chi connectivity index (χ1v) is 11.1. The lowest BCUT2D eigenvalue weighted by Crippen LogP contribution is -2.55. The van der Waals surface area contributed by atoms with Crippen LogP contribution in [0.5, 0.6) is 0 Å². The van der Waals surface area contributed by atoms with Gasteiger partial charge in [0.25, 0.3) is 15.9 Å². The Bertz CT molecular complexity index is 1000. The molecule has 11 heteroatoms. The number of rotatable bonds is 4. The van der Waals surface area contributed by atoms with Crippen molar-refractivity contribution in [1.29, 1.82) is 0 Å². The van der Waals surface area contributed by atoms with Gasteiger partial charge in [-0.05, 0) is 26.7 Å². The van der Waals surface area contributed by atoms with Crippen LogP contribution in [0.15, 0.2) is 29.9 Å². The molecule has 158 valence electrons. The number of piperidine rings is 1. The lowest BCUT2D eigenvalue weighted by molar-refractivity contribution is -0.171. The van der Waals surface area contributed by atoms with Crippen molar-refractivity contribution in [2.45, 2.75) is 56.0 Å². The summed E-state index contributed by atoms with van der Waals surface area (Å²) in [5.74, 6) is 0.586. The van der Waals surface area contributed by atoms with Crippen LogP contribution in [0, 0.1) is 0 Å². The summed E-state index contributed by atoms with van der Waals surface area (Å²) in [6.45, 7) is 4.74. The maximum atomic E-state index is 12.9. The van der Waals surface area contributed by atoms with E-state index >= 15 is 0 Å². The minimum absolute atomic E-state index is 0.0107. The molecule has 10 nitrogen and oxygen atoms in total. The van der Waals surface area contributed by atoms with Crippen molar-refractivity contribution >= 4 is 15.9 Å². The molecule has 4 rings (SSSR count). The number of carbonyl (C=O) groups is 1. The van der Waals surface area contributed by atoms with Gasteiger partial charge in [0, 0.05) is 44.8 Å². The van der Waals surface area contributed by atoms with E-state index in [1.807, 2.05) is 24.6 Å². The quantitative estimate of drug-likeness (QED) is 0.755. The number of nitrogens with one attached hydrogen (secondary N) is 1. The number of hydrogen-bond donors (Lipinski definition) is 1. The minimum atomic E-state index is -3.67. The predicted octanol–water partition coefficient (Wildman–Crippen LogP) is 0.220. The van der Waals surface area contributed by atoms with Crippen molar-refractivity contribution in [3.05, 3.63) is 30.7 Å². The van der Waals surface area contributed by atoms with E-state index in [9.17, 15) is 13.2 Å². The highest BCUT2D eigenvalue weighted by Crippen LogP contribution is 2.41. The second-order valence-electron chi connectivity index (χ2n) is 7.95. The normalized spacial score (nSPS) is 22.0. The molecule has 2 aromatic heterocycles. The van der Waals surface area contributed by atoms with Crippen LogP contribution in [-0.4, -0.2) is 63.0 Å². The summed E-state index contributed by atoms with van der Waals surface area (Å²) < 4.78 is 37.0. The standard InChI is InChI=1S/C18H26N6O4S/c1-13(2)21-16(25)14-10-23-9-6-19-17(23)18(28-14)4-7-24(8-5-18)29(26,27)15-11-22(3)12-20-15/h6,9,11-14H,4-5,7-8,10H2,1-3H3,(H,21,25). The molecule has 2 aliphatic heterocycles. The van der Waals surface area contributed by atoms with E-state index in [0.29, 0.717) is 19.4 Å². The van der Waals surface area contributed by atoms with Crippen LogP contribution in [0.4, 0.5) is 0 Å². The predicted molar refractivity (Wildman–Crippen MR) is 103 cm³/mol. The molecule has 0 radical (unpaired) electrons. The van der Waals surface area contributed by atoms with Gasteiger partial charge in [0.2, 0.25) is 0 Å². The van der Waals surface area contributed by atoms with Crippen LogP contribution in [0.25, 0.3) is 0 Å². The number of carbonyl (C=O) groups excluding carboxylic acids is 1. The molecule has 1 amide bonds. The fraction of sp³-hybridized carbons (Fsp3) is 0.611. The third-order valence-corrected chi connectivity index (χ3v) is 7.18. The first kappa shape index (κ1) is 20.0. The summed E-state index contributed by atoms with van der Waals surface area (Å²) in [6, 6.07) is 0.0107. The fourth-order valence-corrected chi connectivity index (χ4v) is 5.40. The van der Waals surface area contributed by atoms with E-state index in [4.69, 9.17) is 4.74 Å². The number of nitrogens with zero attached hydrogens (tertiary/aromatic N) is 5. The Balaban J connectivity index is 1.55. The Hall–Kier alpha value is -2.24. The van der Waals surface area contributed by atoms with Gasteiger partial charge < -0.3 is 19.2 Å². The zero-order chi connectivity index (χ0) is 20.8. The molecule has 2 aromatic rings. The second-order valence-corrected chi connectivity index (χ2v) is 9.83. The average molecular weight is 423 g/mol. The van der Waals surface area contributed by atoms with Gasteiger partial charge in [-0.2, -0.15) is 4.31 Å². The fourth-order valence-electron chi connectivity index (χ4n) is 3.99. The van der Waals surface area contributed by atoms with Gasteiger partial charge in [-0.3, -0.25) is 4.79 Å². The number of ether oxygens (including phenoxy) is 1. The molecule has 4 heterocycles. The van der Waals surface area contributed by atoms with E-state index in [2.05, 4.69) is 15.3 Å². The second kappa shape index (κ2) is 7.22. The maximum Gasteiger partial charge on any atom is 0.262 e. The van der Waals surface area contributed by atoms with E-state index in [0.717, 1.165) is 5.82 Å². The summed E-state index contributed by atoms with van der Waals surface area (Å²) >= 11 is 0. The first-order valence-electron chi connectivity index (χ1n) is 9.69. The molecule has 0 bridgehead atoms. The zero-order valence-electron chi connectivity index (χ0n) is 16.8. The third kappa shape index (κ3) is 3.58. The lowest BCUT2D eigenvalue weighted by Gasteiger charge is -2.45. The first-order chi connectivity index (χ1) is 13.7. The zero-order valence-corrected chi connectivity index (χ0v) is 17.6. The molecular weight excluding hydrogens is 396 g/mol. The van der Waals surface area contributed by atoms with Crippen LogP contribution >= 0.6 is 0 Å². The number of sulfonamides is 1. The molecule has 0 saturated carbocycles. The maximum absolute atomic E-state index is 12.9. The van der Waals surface area contributed by atoms with Crippen LogP contribution in [0.2, 0.25) is 0 Å². The molecule has 2 aliphatic rings. The highest BCUT2D eigenvalue weighted by molar-refractivity contribution is 7.89. The van der Waals surface area contributed by atoms with Gasteiger partial charge in [0.15, 0.2) is 11.1 Å². The Kier molecular flexibility index (Phi) is 4.99. The van der Waals surface area contributed by atoms with Gasteiger partial charge in [0.05, 0.1) is 12.9 Å². The van der Waals surface area contributed by atoms with Gasteiger partial charge in [-0.1, -0.05) is 0 Å². The highest BCUT2D eigenvalue weighted by Gasteiger charge is 2.48. The molecule has 1 N–H and O–H groups in total. The van der Waals surface area contributed by atoms with Crippen molar-refractivity contribution in [1.82, 2.24) is 28.7 Å². The molecule has 1 saturated heterocycles. The molecule has 0 aromatic carbocycles. The number of amides is 1. The Morgan fingerprint density at radius 3 is 2.66 bits per heavy atom. The number of hydrogen-bond acceptors (Lipinski definition) is 6. The summed E-state index contributed by atoms with van der Waals surface area (Å²) in [6.07, 6.45) is 6.70. The van der Waals surface area contributed by atoms with E-state index in [1.165, 1.54) is 16.8 Å². The lowest BCUT2D eigenvalue weighted by atomic mass is 9.89. The van der Waals surface area contributed by atoms with Crippen molar-refractivity contribution in [2.24, 2.45) is 7.05 Å². The molecule has 0 aliphatic carbocycles. The summed E-state index contributed by atoms with van der Waals surface area (Å²) in [4.78, 5) is 21.0. The number of fused-ring (bicyclic) bond motifs is 2. The number of imidazole rings is 2. The Morgan fingerprint density at radius 2 is 2.03 bits per heavy atom. The van der Waals surface area contributed by atoms with E-state index in [1.54, 1.807) is 17.8 Å². The molecule has 29 heavy (non-hydrogen) atoms. The van der Waals surface area contributed by atoms with Gasteiger partial charge in [-0.25, -0.2) is 18.4 Å². The Labute approximate surface area is 169 Å². The van der Waals surface area contributed by atoms with Crippen molar-refractivity contribution in [3.8, 4) is 0 Å². The van der Waals surface area contributed by atoms with Crippen molar-refractivity contribution < 1.29 is 17.9 Å². The number of aromatic nitrogens is 4. The van der Waals surface area contributed by atoms with Crippen molar-refractivity contribution in [3.63, 3.8) is 0 Å². The summed E-state index contributed by atoms with van der Waals surface area (Å²) in [5, 5.41) is 2.94. The van der Waals surface area contributed by atoms with Gasteiger partial charge in [0.1, 0.15) is 11.4 Å².